The molecule has 1 amide bonds. The largest absolute Gasteiger partial charge is 0.377 e. The summed E-state index contributed by atoms with van der Waals surface area (Å²) in [6.07, 6.45) is 5.02. The molecule has 2 N–H and O–H groups in total. The lowest BCUT2D eigenvalue weighted by atomic mass is 9.59. The van der Waals surface area contributed by atoms with E-state index >= 15 is 0 Å². The van der Waals surface area contributed by atoms with Crippen LogP contribution in [0.2, 0.25) is 0 Å². The number of nitrogens with zero attached hydrogens (tertiary/aromatic N) is 1. The number of hydrogen-bond acceptors (Lipinski definition) is 3. The number of amides is 1. The van der Waals surface area contributed by atoms with Gasteiger partial charge in [-0.25, -0.2) is 0 Å². The summed E-state index contributed by atoms with van der Waals surface area (Å²) in [6, 6.07) is 6.64. The maximum absolute atomic E-state index is 11.6. The Morgan fingerprint density at radius 2 is 2.29 bits per heavy atom. The number of piperidine rings is 1. The third-order valence-electron chi connectivity index (χ3n) is 6.87. The van der Waals surface area contributed by atoms with E-state index in [4.69, 9.17) is 10.5 Å². The highest BCUT2D eigenvalue weighted by Gasteiger charge is 2.48. The number of benzene rings is 1. The number of hydrogen-bond donors (Lipinski definition) is 1. The van der Waals surface area contributed by atoms with Crippen molar-refractivity contribution in [3.05, 3.63) is 34.9 Å². The molecule has 1 aromatic rings. The molecule has 1 aliphatic carbocycles. The number of ether oxygens (including phenoxy) is 1. The second-order valence-corrected chi connectivity index (χ2v) is 8.09. The molecule has 2 heterocycles. The van der Waals surface area contributed by atoms with Gasteiger partial charge in [0.05, 0.1) is 6.10 Å². The van der Waals surface area contributed by atoms with E-state index in [2.05, 4.69) is 30.9 Å². The zero-order valence-corrected chi connectivity index (χ0v) is 14.8. The summed E-state index contributed by atoms with van der Waals surface area (Å²) in [5, 5.41) is 0. The van der Waals surface area contributed by atoms with Crippen molar-refractivity contribution in [2.24, 2.45) is 11.7 Å². The highest BCUT2D eigenvalue weighted by Crippen LogP contribution is 2.48. The minimum atomic E-state index is -0.327. The molecule has 4 atom stereocenters. The zero-order chi connectivity index (χ0) is 16.9. The van der Waals surface area contributed by atoms with Crippen LogP contribution >= 0.6 is 0 Å². The van der Waals surface area contributed by atoms with Gasteiger partial charge >= 0.3 is 0 Å². The van der Waals surface area contributed by atoms with Crippen molar-refractivity contribution in [2.75, 3.05) is 19.7 Å². The second kappa shape index (κ2) is 5.85. The monoisotopic (exact) mass is 328 g/mol. The number of fused-ring (bicyclic) bond motifs is 4. The number of primary amides is 1. The summed E-state index contributed by atoms with van der Waals surface area (Å²) in [5.41, 5.74) is 9.02. The smallest absolute Gasteiger partial charge is 0.248 e. The van der Waals surface area contributed by atoms with Crippen LogP contribution in [0.25, 0.3) is 0 Å². The van der Waals surface area contributed by atoms with E-state index in [1.54, 1.807) is 0 Å². The van der Waals surface area contributed by atoms with Gasteiger partial charge in [-0.1, -0.05) is 19.9 Å². The lowest BCUT2D eigenvalue weighted by Crippen LogP contribution is -2.59. The summed E-state index contributed by atoms with van der Waals surface area (Å²) in [7, 11) is 0. The van der Waals surface area contributed by atoms with Crippen LogP contribution in [0.1, 0.15) is 54.6 Å². The first kappa shape index (κ1) is 16.1. The minimum absolute atomic E-state index is 0.136. The third-order valence-corrected chi connectivity index (χ3v) is 6.87. The molecule has 2 saturated heterocycles. The Kier molecular flexibility index (Phi) is 3.92. The van der Waals surface area contributed by atoms with E-state index < -0.39 is 0 Å². The second-order valence-electron chi connectivity index (χ2n) is 8.09. The van der Waals surface area contributed by atoms with Crippen molar-refractivity contribution in [3.8, 4) is 0 Å². The molecule has 4 heteroatoms. The number of likely N-dealkylation sites (tertiary alicyclic amines) is 1. The molecule has 0 spiro atoms. The topological polar surface area (TPSA) is 55.6 Å². The highest BCUT2D eigenvalue weighted by molar-refractivity contribution is 5.93. The van der Waals surface area contributed by atoms with Gasteiger partial charge in [-0.05, 0) is 66.8 Å². The molecule has 130 valence electrons. The van der Waals surface area contributed by atoms with Crippen molar-refractivity contribution in [1.29, 1.82) is 0 Å². The summed E-state index contributed by atoms with van der Waals surface area (Å²) in [5.74, 6) is 0.246. The standard InChI is InChI=1S/C20H28N2O2/c1-13-18-11-14-5-6-15(19(21)23)10-17(14)20(13,2)7-8-22(18)12-16-4-3-9-24-16/h5-6,10,13,16,18H,3-4,7-9,11-12H2,1-2H3,(H2,21,23)/t13-,16-,18+,20-/m0/s1. The molecule has 0 aromatic heterocycles. The Hall–Kier alpha value is -1.39. The van der Waals surface area contributed by atoms with Crippen molar-refractivity contribution in [2.45, 2.75) is 57.1 Å². The van der Waals surface area contributed by atoms with E-state index in [0.717, 1.165) is 32.5 Å². The molecule has 2 bridgehead atoms. The van der Waals surface area contributed by atoms with Crippen LogP contribution in [0.15, 0.2) is 18.2 Å². The lowest BCUT2D eigenvalue weighted by Gasteiger charge is -2.55. The molecule has 4 nitrogen and oxygen atoms in total. The van der Waals surface area contributed by atoms with Gasteiger partial charge in [0.25, 0.3) is 0 Å². The van der Waals surface area contributed by atoms with Gasteiger partial charge in [0.15, 0.2) is 0 Å². The van der Waals surface area contributed by atoms with E-state index in [-0.39, 0.29) is 11.3 Å². The summed E-state index contributed by atoms with van der Waals surface area (Å²) in [4.78, 5) is 14.3. The molecule has 0 unspecified atom stereocenters. The lowest BCUT2D eigenvalue weighted by molar-refractivity contribution is -0.00666. The van der Waals surface area contributed by atoms with Gasteiger partial charge in [-0.15, -0.1) is 0 Å². The molecule has 3 aliphatic rings. The summed E-state index contributed by atoms with van der Waals surface area (Å²) in [6.45, 7) is 7.86. The van der Waals surface area contributed by atoms with Gasteiger partial charge in [0.2, 0.25) is 5.91 Å². The first-order chi connectivity index (χ1) is 11.5. The van der Waals surface area contributed by atoms with E-state index in [1.807, 2.05) is 6.07 Å². The summed E-state index contributed by atoms with van der Waals surface area (Å²) < 4.78 is 5.87. The van der Waals surface area contributed by atoms with Crippen molar-refractivity contribution >= 4 is 5.91 Å². The van der Waals surface area contributed by atoms with Gasteiger partial charge in [0.1, 0.15) is 0 Å². The quantitative estimate of drug-likeness (QED) is 0.927. The van der Waals surface area contributed by atoms with E-state index in [0.29, 0.717) is 23.6 Å². The number of rotatable bonds is 3. The van der Waals surface area contributed by atoms with E-state index in [9.17, 15) is 4.79 Å². The van der Waals surface area contributed by atoms with Gasteiger partial charge in [-0.3, -0.25) is 9.69 Å². The van der Waals surface area contributed by atoms with Crippen molar-refractivity contribution in [1.82, 2.24) is 4.90 Å². The normalized spacial score (nSPS) is 35.7. The molecule has 1 aromatic carbocycles. The van der Waals surface area contributed by atoms with E-state index in [1.165, 1.54) is 24.0 Å². The van der Waals surface area contributed by atoms with Crippen molar-refractivity contribution < 1.29 is 9.53 Å². The highest BCUT2D eigenvalue weighted by atomic mass is 16.5. The van der Waals surface area contributed by atoms with Gasteiger partial charge < -0.3 is 10.5 Å². The summed E-state index contributed by atoms with van der Waals surface area (Å²) >= 11 is 0. The fourth-order valence-electron chi connectivity index (χ4n) is 5.14. The van der Waals surface area contributed by atoms with Crippen LogP contribution in [0, 0.1) is 5.92 Å². The molecular formula is C20H28N2O2. The SMILES string of the molecule is C[C@H]1[C@H]2Cc3ccc(C(N)=O)cc3[C@@]1(C)CCN2C[C@@H]1CCCO1. The third kappa shape index (κ3) is 2.47. The number of carbonyl (C=O) groups is 1. The average Bonchev–Trinajstić information content (AvgIpc) is 3.06. The molecule has 0 radical (unpaired) electrons. The first-order valence-electron chi connectivity index (χ1n) is 9.28. The Balaban J connectivity index is 1.64. The van der Waals surface area contributed by atoms with Crippen molar-refractivity contribution in [3.63, 3.8) is 0 Å². The van der Waals surface area contributed by atoms with Crippen LogP contribution < -0.4 is 5.73 Å². The van der Waals surface area contributed by atoms with Gasteiger partial charge in [0, 0.05) is 24.8 Å². The van der Waals surface area contributed by atoms with Crippen LogP contribution in [0.4, 0.5) is 0 Å². The molecular weight excluding hydrogens is 300 g/mol. The Labute approximate surface area is 144 Å². The fourth-order valence-corrected chi connectivity index (χ4v) is 5.14. The predicted molar refractivity (Wildman–Crippen MR) is 94.1 cm³/mol. The van der Waals surface area contributed by atoms with Crippen LogP contribution in [-0.2, 0) is 16.6 Å². The Morgan fingerprint density at radius 3 is 3.00 bits per heavy atom. The van der Waals surface area contributed by atoms with Crippen LogP contribution in [0.3, 0.4) is 0 Å². The maximum atomic E-state index is 11.6. The number of carbonyl (C=O) groups excluding carboxylic acids is 1. The van der Waals surface area contributed by atoms with Crippen LogP contribution in [-0.4, -0.2) is 42.6 Å². The molecule has 24 heavy (non-hydrogen) atoms. The minimum Gasteiger partial charge on any atom is -0.377 e. The number of nitrogens with two attached hydrogens (primary N) is 1. The zero-order valence-electron chi connectivity index (χ0n) is 14.8. The Morgan fingerprint density at radius 1 is 1.46 bits per heavy atom. The molecule has 2 aliphatic heterocycles. The maximum Gasteiger partial charge on any atom is 0.248 e. The fraction of sp³-hybridized carbons (Fsp3) is 0.650. The molecule has 4 rings (SSSR count). The van der Waals surface area contributed by atoms with Crippen LogP contribution in [0.5, 0.6) is 0 Å². The predicted octanol–water partition coefficient (Wildman–Crippen LogP) is 2.49. The molecule has 2 fully saturated rings. The Bertz CT molecular complexity index is 653. The average molecular weight is 328 g/mol. The first-order valence-corrected chi connectivity index (χ1v) is 9.28. The van der Waals surface area contributed by atoms with Gasteiger partial charge in [-0.2, -0.15) is 0 Å². The molecule has 0 saturated carbocycles.